The van der Waals surface area contributed by atoms with E-state index in [4.69, 9.17) is 39.5 Å². The number of hydrogen-bond donors (Lipinski definition) is 0. The van der Waals surface area contributed by atoms with E-state index >= 15 is 0 Å². The van der Waals surface area contributed by atoms with Gasteiger partial charge in [0, 0.05) is 35.1 Å². The topological polar surface area (TPSA) is 60.2 Å². The third-order valence-corrected chi connectivity index (χ3v) is 7.88. The third-order valence-electron chi connectivity index (χ3n) is 7.00. The van der Waals surface area contributed by atoms with Crippen molar-refractivity contribution in [1.82, 2.24) is 19.7 Å². The molecular formula is C29H20Cl3F7N4O2. The van der Waals surface area contributed by atoms with E-state index in [1.165, 1.54) is 24.7 Å². The fraction of sp³-hybridized carbons (Fsp3) is 0.276. The van der Waals surface area contributed by atoms with Crippen LogP contribution in [0, 0.1) is 0 Å². The van der Waals surface area contributed by atoms with Crippen LogP contribution in [-0.2, 0) is 5.67 Å². The number of ether oxygens (including phenoxy) is 1. The van der Waals surface area contributed by atoms with E-state index in [1.54, 1.807) is 17.0 Å². The molecule has 0 N–H and O–H groups in total. The summed E-state index contributed by atoms with van der Waals surface area (Å²) in [5.74, 6) is 0.269. The van der Waals surface area contributed by atoms with Crippen molar-refractivity contribution in [1.29, 1.82) is 0 Å². The Morgan fingerprint density at radius 2 is 1.53 bits per heavy atom. The summed E-state index contributed by atoms with van der Waals surface area (Å²) in [5, 5.41) is 2.53. The number of benzene rings is 2. The van der Waals surface area contributed by atoms with Crippen LogP contribution in [-0.4, -0.2) is 57.1 Å². The lowest BCUT2D eigenvalue weighted by molar-refractivity contribution is -0.348. The molecule has 1 saturated carbocycles. The summed E-state index contributed by atoms with van der Waals surface area (Å²) >= 11 is 18.4. The van der Waals surface area contributed by atoms with Crippen LogP contribution in [0.1, 0.15) is 28.8 Å². The minimum atomic E-state index is -6.35. The first-order valence-electron chi connectivity index (χ1n) is 13.1. The van der Waals surface area contributed by atoms with E-state index in [9.17, 15) is 35.5 Å². The van der Waals surface area contributed by atoms with Gasteiger partial charge in [-0.25, -0.2) is 14.1 Å². The first kappa shape index (κ1) is 32.8. The van der Waals surface area contributed by atoms with Gasteiger partial charge in [0.05, 0.1) is 28.4 Å². The van der Waals surface area contributed by atoms with Gasteiger partial charge in [0.1, 0.15) is 23.2 Å². The lowest BCUT2D eigenvalue weighted by Crippen LogP contribution is -2.50. The molecule has 2 heterocycles. The van der Waals surface area contributed by atoms with Gasteiger partial charge < -0.3 is 9.64 Å². The first-order chi connectivity index (χ1) is 21.1. The zero-order valence-electron chi connectivity index (χ0n) is 22.6. The number of hydrogen-bond acceptors (Lipinski definition) is 4. The average Bonchev–Trinajstić information content (AvgIpc) is 3.70. The standard InChI is InChI=1S/C29H20Cl3F7N4O2/c30-22-11-18(27(33,28(34,35)36)29(37,38)39)12-23(31)24(22)43-15-17(14-41-43)16-10-21(25(32)40-13-16)26(44)42(19-6-7-19)8-9-45-20-4-2-1-3-5-20/h1-5,10-15,19H,6-9H2. The third kappa shape index (κ3) is 6.56. The second-order valence-corrected chi connectivity index (χ2v) is 11.2. The molecule has 4 aromatic rings. The Labute approximate surface area is 266 Å². The highest BCUT2D eigenvalue weighted by atomic mass is 35.5. The Hall–Kier alpha value is -3.55. The molecule has 6 nitrogen and oxygen atoms in total. The highest BCUT2D eigenvalue weighted by Gasteiger charge is 2.73. The molecule has 0 unspecified atom stereocenters. The van der Waals surface area contributed by atoms with E-state index in [0.717, 1.165) is 17.5 Å². The molecule has 2 aromatic heterocycles. The maximum absolute atomic E-state index is 14.6. The number of carbonyl (C=O) groups is 1. The van der Waals surface area contributed by atoms with E-state index in [1.807, 2.05) is 18.2 Å². The van der Waals surface area contributed by atoms with Gasteiger partial charge >= 0.3 is 18.0 Å². The second-order valence-electron chi connectivity index (χ2n) is 10.1. The SMILES string of the molecule is O=C(c1cc(-c2cnn(-c3c(Cl)cc(C(F)(C(F)(F)F)C(F)(F)F)cc3Cl)c2)cnc1Cl)N(CCOc1ccccc1)C1CC1. The molecule has 0 spiro atoms. The van der Waals surface area contributed by atoms with E-state index < -0.39 is 33.6 Å². The highest BCUT2D eigenvalue weighted by Crippen LogP contribution is 2.54. The van der Waals surface area contributed by atoms with Crippen LogP contribution in [0.3, 0.4) is 0 Å². The molecule has 16 heteroatoms. The minimum absolute atomic E-state index is 0.00403. The molecule has 1 fully saturated rings. The highest BCUT2D eigenvalue weighted by molar-refractivity contribution is 6.38. The largest absolute Gasteiger partial charge is 0.492 e. The Kier molecular flexibility index (Phi) is 9.00. The van der Waals surface area contributed by atoms with E-state index in [-0.39, 0.29) is 53.6 Å². The van der Waals surface area contributed by atoms with Gasteiger partial charge in [-0.2, -0.15) is 31.4 Å². The van der Waals surface area contributed by atoms with Crippen molar-refractivity contribution in [3.05, 3.63) is 93.4 Å². The zero-order valence-corrected chi connectivity index (χ0v) is 24.9. The van der Waals surface area contributed by atoms with Gasteiger partial charge in [-0.3, -0.25) is 4.79 Å². The van der Waals surface area contributed by atoms with Gasteiger partial charge in [0.2, 0.25) is 0 Å². The van der Waals surface area contributed by atoms with Crippen molar-refractivity contribution in [3.63, 3.8) is 0 Å². The van der Waals surface area contributed by atoms with Crippen LogP contribution in [0.5, 0.6) is 5.75 Å². The Balaban J connectivity index is 1.41. The molecule has 0 bridgehead atoms. The van der Waals surface area contributed by atoms with Crippen LogP contribution in [0.4, 0.5) is 30.7 Å². The summed E-state index contributed by atoms with van der Waals surface area (Å²) in [6.07, 6.45) is -7.16. The molecule has 1 amide bonds. The van der Waals surface area contributed by atoms with Crippen molar-refractivity contribution in [2.45, 2.75) is 36.9 Å². The van der Waals surface area contributed by atoms with Crippen LogP contribution < -0.4 is 4.74 Å². The average molecular weight is 696 g/mol. The van der Waals surface area contributed by atoms with Gasteiger partial charge in [0.25, 0.3) is 5.91 Å². The minimum Gasteiger partial charge on any atom is -0.492 e. The molecule has 0 radical (unpaired) electrons. The maximum Gasteiger partial charge on any atom is 0.435 e. The molecule has 5 rings (SSSR count). The van der Waals surface area contributed by atoms with E-state index in [2.05, 4.69) is 10.1 Å². The summed E-state index contributed by atoms with van der Waals surface area (Å²) in [7, 11) is 0. The molecule has 238 valence electrons. The monoisotopic (exact) mass is 694 g/mol. The Morgan fingerprint density at radius 1 is 0.911 bits per heavy atom. The van der Waals surface area contributed by atoms with Crippen LogP contribution in [0.15, 0.2) is 67.1 Å². The predicted octanol–water partition coefficient (Wildman–Crippen LogP) is 8.87. The number of aromatic nitrogens is 3. The normalized spacial score (nSPS) is 14.0. The fourth-order valence-electron chi connectivity index (χ4n) is 4.59. The lowest BCUT2D eigenvalue weighted by Gasteiger charge is -2.30. The molecule has 1 aliphatic rings. The number of rotatable bonds is 9. The number of carbonyl (C=O) groups excluding carboxylic acids is 1. The zero-order chi connectivity index (χ0) is 32.7. The van der Waals surface area contributed by atoms with E-state index in [0.29, 0.717) is 16.9 Å². The van der Waals surface area contributed by atoms with Crippen molar-refractivity contribution >= 4 is 40.7 Å². The molecule has 0 atom stereocenters. The van der Waals surface area contributed by atoms with Crippen molar-refractivity contribution in [2.75, 3.05) is 13.2 Å². The molecule has 0 saturated heterocycles. The van der Waals surface area contributed by atoms with Crippen molar-refractivity contribution < 1.29 is 40.3 Å². The number of amides is 1. The van der Waals surface area contributed by atoms with Gasteiger partial charge in [-0.15, -0.1) is 0 Å². The quantitative estimate of drug-likeness (QED) is 0.130. The lowest BCUT2D eigenvalue weighted by atomic mass is 9.94. The maximum atomic E-state index is 14.6. The number of pyridine rings is 1. The number of alkyl halides is 7. The summed E-state index contributed by atoms with van der Waals surface area (Å²) < 4.78 is 101. The number of para-hydroxylation sites is 1. The summed E-state index contributed by atoms with van der Waals surface area (Å²) in [5.41, 5.74) is -7.11. The van der Waals surface area contributed by atoms with Gasteiger partial charge in [-0.1, -0.05) is 53.0 Å². The second kappa shape index (κ2) is 12.3. The van der Waals surface area contributed by atoms with Crippen molar-refractivity contribution in [3.8, 4) is 22.6 Å². The fourth-order valence-corrected chi connectivity index (χ4v) is 5.44. The van der Waals surface area contributed by atoms with Gasteiger partial charge in [-0.05, 0) is 43.2 Å². The smallest absolute Gasteiger partial charge is 0.435 e. The number of halogens is 10. The van der Waals surface area contributed by atoms with Gasteiger partial charge in [0.15, 0.2) is 0 Å². The molecule has 45 heavy (non-hydrogen) atoms. The first-order valence-corrected chi connectivity index (χ1v) is 14.3. The molecular weight excluding hydrogens is 676 g/mol. The molecule has 0 aliphatic heterocycles. The van der Waals surface area contributed by atoms with Crippen LogP contribution in [0.2, 0.25) is 15.2 Å². The predicted molar refractivity (Wildman–Crippen MR) is 153 cm³/mol. The Morgan fingerprint density at radius 3 is 2.11 bits per heavy atom. The van der Waals surface area contributed by atoms with Crippen LogP contribution >= 0.6 is 34.8 Å². The summed E-state index contributed by atoms with van der Waals surface area (Å²) in [6, 6.07) is 11.0. The summed E-state index contributed by atoms with van der Waals surface area (Å²) in [6.45, 7) is 0.520. The Bertz CT molecular complexity index is 1670. The molecule has 1 aliphatic carbocycles. The molecule has 2 aromatic carbocycles. The van der Waals surface area contributed by atoms with Crippen LogP contribution in [0.25, 0.3) is 16.8 Å². The number of nitrogens with zero attached hydrogens (tertiary/aromatic N) is 4. The van der Waals surface area contributed by atoms with Crippen molar-refractivity contribution in [2.24, 2.45) is 0 Å². The summed E-state index contributed by atoms with van der Waals surface area (Å²) in [4.78, 5) is 19.3.